The van der Waals surface area contributed by atoms with E-state index in [9.17, 15) is 0 Å². The molecule has 1 aliphatic heterocycles. The first-order valence-electron chi connectivity index (χ1n) is 8.94. The molecule has 6 heteroatoms. The van der Waals surface area contributed by atoms with Crippen molar-refractivity contribution in [3.63, 3.8) is 0 Å². The third-order valence-electron chi connectivity index (χ3n) is 4.78. The van der Waals surface area contributed by atoms with Crippen LogP contribution in [0.2, 0.25) is 0 Å². The van der Waals surface area contributed by atoms with Crippen molar-refractivity contribution >= 4 is 0 Å². The normalized spacial score (nSPS) is 15.3. The van der Waals surface area contributed by atoms with Crippen molar-refractivity contribution in [3.8, 4) is 5.82 Å². The molecular formula is C19H24N6. The molecule has 0 amide bonds. The van der Waals surface area contributed by atoms with E-state index >= 15 is 0 Å². The summed E-state index contributed by atoms with van der Waals surface area (Å²) in [5, 5.41) is 8.78. The quantitative estimate of drug-likeness (QED) is 0.735. The predicted molar refractivity (Wildman–Crippen MR) is 96.7 cm³/mol. The fourth-order valence-electron chi connectivity index (χ4n) is 3.47. The van der Waals surface area contributed by atoms with Gasteiger partial charge in [-0.05, 0) is 24.3 Å². The summed E-state index contributed by atoms with van der Waals surface area (Å²) < 4.78 is 4.48. The number of hydrogen-bond acceptors (Lipinski definition) is 4. The van der Waals surface area contributed by atoms with Crippen LogP contribution >= 0.6 is 0 Å². The van der Waals surface area contributed by atoms with E-state index in [0.29, 0.717) is 5.92 Å². The topological polar surface area (TPSA) is 51.8 Å². The predicted octanol–water partition coefficient (Wildman–Crippen LogP) is 2.65. The number of rotatable bonds is 4. The second kappa shape index (κ2) is 6.80. The zero-order chi connectivity index (χ0) is 17.2. The van der Waals surface area contributed by atoms with Crippen molar-refractivity contribution in [1.29, 1.82) is 0 Å². The molecule has 130 valence electrons. The Labute approximate surface area is 148 Å². The molecule has 0 aromatic carbocycles. The van der Waals surface area contributed by atoms with Crippen molar-refractivity contribution in [2.24, 2.45) is 0 Å². The molecule has 0 unspecified atom stereocenters. The van der Waals surface area contributed by atoms with Crippen LogP contribution in [0.5, 0.6) is 0 Å². The molecule has 0 atom stereocenters. The van der Waals surface area contributed by atoms with Gasteiger partial charge >= 0.3 is 0 Å². The number of hydrogen-bond donors (Lipinski definition) is 0. The Kier molecular flexibility index (Phi) is 4.36. The molecule has 0 spiro atoms. The lowest BCUT2D eigenvalue weighted by Crippen LogP contribution is -2.27. The molecule has 0 fully saturated rings. The van der Waals surface area contributed by atoms with E-state index in [1.54, 1.807) is 0 Å². The summed E-state index contributed by atoms with van der Waals surface area (Å²) in [6.45, 7) is 8.25. The maximum atomic E-state index is 4.47. The molecule has 0 N–H and O–H groups in total. The fourth-order valence-corrected chi connectivity index (χ4v) is 3.47. The molecule has 3 aromatic heterocycles. The Morgan fingerprint density at radius 3 is 2.76 bits per heavy atom. The average molecular weight is 336 g/mol. The smallest absolute Gasteiger partial charge is 0.136 e. The summed E-state index contributed by atoms with van der Waals surface area (Å²) in [6, 6.07) is 10.3. The first-order chi connectivity index (χ1) is 12.2. The molecule has 0 saturated carbocycles. The Balaban J connectivity index is 1.50. The van der Waals surface area contributed by atoms with Gasteiger partial charge in [0, 0.05) is 56.6 Å². The monoisotopic (exact) mass is 336 g/mol. The molecule has 4 heterocycles. The largest absolute Gasteiger partial charge is 0.313 e. The van der Waals surface area contributed by atoms with Gasteiger partial charge in [-0.1, -0.05) is 19.9 Å². The van der Waals surface area contributed by atoms with E-state index in [0.717, 1.165) is 50.1 Å². The highest BCUT2D eigenvalue weighted by Gasteiger charge is 2.20. The molecule has 0 radical (unpaired) electrons. The summed E-state index contributed by atoms with van der Waals surface area (Å²) in [5.74, 6) is 3.60. The van der Waals surface area contributed by atoms with Crippen LogP contribution in [0.4, 0.5) is 0 Å². The van der Waals surface area contributed by atoms with E-state index in [-0.39, 0.29) is 0 Å². The molecule has 3 aromatic rings. The Morgan fingerprint density at radius 2 is 1.96 bits per heavy atom. The van der Waals surface area contributed by atoms with E-state index in [2.05, 4.69) is 61.4 Å². The fraction of sp³-hybridized carbons (Fsp3) is 0.421. The van der Waals surface area contributed by atoms with E-state index in [4.69, 9.17) is 0 Å². The summed E-state index contributed by atoms with van der Waals surface area (Å²) in [5.41, 5.74) is 1.26. The van der Waals surface area contributed by atoms with Gasteiger partial charge < -0.3 is 9.13 Å². The Hall–Kier alpha value is -2.47. The zero-order valence-corrected chi connectivity index (χ0v) is 14.8. The lowest BCUT2D eigenvalue weighted by molar-refractivity contribution is 0.265. The lowest BCUT2D eigenvalue weighted by atomic mass is 10.2. The van der Waals surface area contributed by atoms with Gasteiger partial charge in [-0.2, -0.15) is 0 Å². The second-order valence-electron chi connectivity index (χ2n) is 6.86. The van der Waals surface area contributed by atoms with Crippen LogP contribution in [0.3, 0.4) is 0 Å². The van der Waals surface area contributed by atoms with Crippen LogP contribution in [0.15, 0.2) is 42.7 Å². The minimum atomic E-state index is 0.411. The minimum absolute atomic E-state index is 0.411. The molecule has 4 rings (SSSR count). The molecular weight excluding hydrogens is 312 g/mol. The highest BCUT2D eigenvalue weighted by atomic mass is 15.3. The number of pyridine rings is 1. The third kappa shape index (κ3) is 3.22. The van der Waals surface area contributed by atoms with Crippen molar-refractivity contribution in [1.82, 2.24) is 29.2 Å². The lowest BCUT2D eigenvalue weighted by Gasteiger charge is -2.20. The van der Waals surface area contributed by atoms with Gasteiger partial charge in [-0.3, -0.25) is 4.90 Å². The Morgan fingerprint density at radius 1 is 1.04 bits per heavy atom. The van der Waals surface area contributed by atoms with Crippen molar-refractivity contribution < 1.29 is 0 Å². The zero-order valence-electron chi connectivity index (χ0n) is 14.8. The van der Waals surface area contributed by atoms with Gasteiger partial charge in [0.1, 0.15) is 17.5 Å². The van der Waals surface area contributed by atoms with Crippen LogP contribution in [-0.2, 0) is 19.5 Å². The van der Waals surface area contributed by atoms with Gasteiger partial charge in [0.15, 0.2) is 0 Å². The van der Waals surface area contributed by atoms with E-state index < -0.39 is 0 Å². The van der Waals surface area contributed by atoms with Crippen LogP contribution < -0.4 is 0 Å². The highest BCUT2D eigenvalue weighted by molar-refractivity contribution is 5.27. The minimum Gasteiger partial charge on any atom is -0.313 e. The summed E-state index contributed by atoms with van der Waals surface area (Å²) in [6.07, 6.45) is 4.87. The number of aromatic nitrogens is 5. The summed E-state index contributed by atoms with van der Waals surface area (Å²) in [7, 11) is 0. The van der Waals surface area contributed by atoms with Gasteiger partial charge in [0.25, 0.3) is 0 Å². The SMILES string of the molecule is CC(C)c1nnc2n1CCN(Cc1cccn1-c1ccccn1)CC2. The van der Waals surface area contributed by atoms with Crippen molar-refractivity contribution in [2.45, 2.75) is 39.3 Å². The van der Waals surface area contributed by atoms with Gasteiger partial charge in [0.05, 0.1) is 0 Å². The standard InChI is InChI=1S/C19H24N6/c1-15(2)19-22-21-18-8-11-23(12-13-25(18)19)14-16-6-5-10-24(16)17-7-3-4-9-20-17/h3-7,9-10,15H,8,11-14H2,1-2H3. The van der Waals surface area contributed by atoms with Gasteiger partial charge in [-0.15, -0.1) is 10.2 Å². The average Bonchev–Trinajstić information content (AvgIpc) is 3.20. The molecule has 25 heavy (non-hydrogen) atoms. The molecule has 0 aliphatic carbocycles. The summed E-state index contributed by atoms with van der Waals surface area (Å²) in [4.78, 5) is 6.96. The van der Waals surface area contributed by atoms with E-state index in [1.807, 2.05) is 24.4 Å². The number of fused-ring (bicyclic) bond motifs is 1. The van der Waals surface area contributed by atoms with Crippen LogP contribution in [-0.4, -0.2) is 42.3 Å². The summed E-state index contributed by atoms with van der Waals surface area (Å²) >= 11 is 0. The first kappa shape index (κ1) is 16.0. The Bertz CT molecular complexity index is 833. The first-order valence-corrected chi connectivity index (χ1v) is 8.94. The molecule has 0 bridgehead atoms. The van der Waals surface area contributed by atoms with E-state index in [1.165, 1.54) is 5.69 Å². The molecule has 6 nitrogen and oxygen atoms in total. The molecule has 1 aliphatic rings. The third-order valence-corrected chi connectivity index (χ3v) is 4.78. The van der Waals surface area contributed by atoms with Gasteiger partial charge in [0.2, 0.25) is 0 Å². The van der Waals surface area contributed by atoms with Crippen LogP contribution in [0, 0.1) is 0 Å². The molecule has 0 saturated heterocycles. The maximum absolute atomic E-state index is 4.47. The van der Waals surface area contributed by atoms with Gasteiger partial charge in [-0.25, -0.2) is 4.98 Å². The van der Waals surface area contributed by atoms with Crippen LogP contribution in [0.25, 0.3) is 5.82 Å². The van der Waals surface area contributed by atoms with Crippen molar-refractivity contribution in [2.75, 3.05) is 13.1 Å². The van der Waals surface area contributed by atoms with Crippen molar-refractivity contribution in [3.05, 3.63) is 60.1 Å². The highest BCUT2D eigenvalue weighted by Crippen LogP contribution is 2.18. The maximum Gasteiger partial charge on any atom is 0.136 e. The second-order valence-corrected chi connectivity index (χ2v) is 6.86. The number of nitrogens with zero attached hydrogens (tertiary/aromatic N) is 6. The van der Waals surface area contributed by atoms with Crippen LogP contribution in [0.1, 0.15) is 37.1 Å².